The molecule has 0 radical (unpaired) electrons. The zero-order valence-corrected chi connectivity index (χ0v) is 12.1. The minimum absolute atomic E-state index is 0.548. The monoisotopic (exact) mass is 328 g/mol. The lowest BCUT2D eigenvalue weighted by molar-refractivity contribution is -0.166. The van der Waals surface area contributed by atoms with Crippen LogP contribution >= 0.6 is 0 Å². The van der Waals surface area contributed by atoms with E-state index in [0.29, 0.717) is 0 Å². The summed E-state index contributed by atoms with van der Waals surface area (Å²) in [7, 11) is 0. The summed E-state index contributed by atoms with van der Waals surface area (Å²) >= 11 is 0. The largest absolute Gasteiger partial charge is 0.506 e. The van der Waals surface area contributed by atoms with Crippen molar-refractivity contribution in [2.24, 2.45) is 0 Å². The number of rotatable bonds is 10. The molecule has 0 aliphatic rings. The second kappa shape index (κ2) is 10.6. The van der Waals surface area contributed by atoms with Gasteiger partial charge in [-0.15, -0.1) is 0 Å². The molecular formula is C14H16O9. The van der Waals surface area contributed by atoms with Gasteiger partial charge in [0, 0.05) is 18.2 Å². The van der Waals surface area contributed by atoms with Crippen LogP contribution in [0.15, 0.2) is 38.0 Å². The van der Waals surface area contributed by atoms with Crippen LogP contribution in [0.1, 0.15) is 0 Å². The maximum atomic E-state index is 11.3. The third kappa shape index (κ3) is 8.71. The standard InChI is InChI=1S/C14H16O9/c1-4-11(15)20-7-9(22-13(17)6-3)10(23-14(18)19)8-21-12(16)5-2/h4-6,9-10H,1-3,7-8H2,(H,18,19). The lowest BCUT2D eigenvalue weighted by Gasteiger charge is -2.24. The number of carbonyl (C=O) groups is 4. The Labute approximate surface area is 131 Å². The third-order valence-corrected chi connectivity index (χ3v) is 2.21. The zero-order chi connectivity index (χ0) is 17.8. The number of carbonyl (C=O) groups excluding carboxylic acids is 3. The molecule has 0 aliphatic carbocycles. The van der Waals surface area contributed by atoms with Gasteiger partial charge in [0.15, 0.2) is 12.2 Å². The molecule has 2 atom stereocenters. The first-order chi connectivity index (χ1) is 10.8. The lowest BCUT2D eigenvalue weighted by Crippen LogP contribution is -2.42. The molecule has 9 nitrogen and oxygen atoms in total. The zero-order valence-electron chi connectivity index (χ0n) is 12.1. The summed E-state index contributed by atoms with van der Waals surface area (Å²) in [6, 6.07) is 0. The number of hydrogen-bond acceptors (Lipinski definition) is 8. The summed E-state index contributed by atoms with van der Waals surface area (Å²) in [5.74, 6) is -2.60. The molecular weight excluding hydrogens is 312 g/mol. The fourth-order valence-electron chi connectivity index (χ4n) is 1.21. The highest BCUT2D eigenvalue weighted by Crippen LogP contribution is 2.09. The molecule has 1 N–H and O–H groups in total. The molecule has 0 fully saturated rings. The van der Waals surface area contributed by atoms with Crippen molar-refractivity contribution in [2.75, 3.05) is 13.2 Å². The number of esters is 3. The summed E-state index contributed by atoms with van der Waals surface area (Å²) in [5, 5.41) is 8.70. The van der Waals surface area contributed by atoms with Crippen LogP contribution in [0.3, 0.4) is 0 Å². The van der Waals surface area contributed by atoms with E-state index < -0.39 is 49.5 Å². The van der Waals surface area contributed by atoms with Gasteiger partial charge in [-0.25, -0.2) is 19.2 Å². The van der Waals surface area contributed by atoms with Crippen LogP contribution in [-0.2, 0) is 33.3 Å². The highest BCUT2D eigenvalue weighted by Gasteiger charge is 2.31. The van der Waals surface area contributed by atoms with Gasteiger partial charge in [-0.05, 0) is 0 Å². The quantitative estimate of drug-likeness (QED) is 0.348. The van der Waals surface area contributed by atoms with Crippen LogP contribution in [0.4, 0.5) is 4.79 Å². The molecule has 9 heteroatoms. The molecule has 2 unspecified atom stereocenters. The van der Waals surface area contributed by atoms with Gasteiger partial charge in [-0.1, -0.05) is 19.7 Å². The van der Waals surface area contributed by atoms with Gasteiger partial charge < -0.3 is 24.1 Å². The molecule has 23 heavy (non-hydrogen) atoms. The second-order valence-corrected chi connectivity index (χ2v) is 3.77. The Kier molecular flexibility index (Phi) is 9.17. The van der Waals surface area contributed by atoms with E-state index in [0.717, 1.165) is 18.2 Å². The van der Waals surface area contributed by atoms with Gasteiger partial charge in [0.25, 0.3) is 0 Å². The van der Waals surface area contributed by atoms with Crippen molar-refractivity contribution in [3.8, 4) is 0 Å². The van der Waals surface area contributed by atoms with E-state index in [1.807, 2.05) is 0 Å². The van der Waals surface area contributed by atoms with Crippen molar-refractivity contribution >= 4 is 24.1 Å². The first kappa shape index (κ1) is 19.9. The van der Waals surface area contributed by atoms with Crippen molar-refractivity contribution in [3.05, 3.63) is 38.0 Å². The average molecular weight is 328 g/mol. The van der Waals surface area contributed by atoms with Crippen LogP contribution < -0.4 is 0 Å². The van der Waals surface area contributed by atoms with E-state index in [1.165, 1.54) is 0 Å². The molecule has 0 saturated heterocycles. The van der Waals surface area contributed by atoms with Crippen LogP contribution in [0.2, 0.25) is 0 Å². The summed E-state index contributed by atoms with van der Waals surface area (Å²) in [6.07, 6.45) is -1.98. The number of carboxylic acid groups (broad SMARTS) is 1. The van der Waals surface area contributed by atoms with Gasteiger partial charge in [0.1, 0.15) is 13.2 Å². The Morgan fingerprint density at radius 1 is 0.783 bits per heavy atom. The van der Waals surface area contributed by atoms with Gasteiger partial charge in [0.2, 0.25) is 0 Å². The molecule has 0 spiro atoms. The maximum Gasteiger partial charge on any atom is 0.506 e. The van der Waals surface area contributed by atoms with E-state index in [2.05, 4.69) is 29.2 Å². The van der Waals surface area contributed by atoms with Crippen molar-refractivity contribution in [1.29, 1.82) is 0 Å². The molecule has 0 aromatic rings. The van der Waals surface area contributed by atoms with Crippen LogP contribution in [0.25, 0.3) is 0 Å². The molecule has 0 heterocycles. The van der Waals surface area contributed by atoms with E-state index in [-0.39, 0.29) is 0 Å². The van der Waals surface area contributed by atoms with E-state index in [4.69, 9.17) is 14.6 Å². The van der Waals surface area contributed by atoms with Crippen molar-refractivity contribution < 1.29 is 43.2 Å². The highest BCUT2D eigenvalue weighted by atomic mass is 16.7. The number of hydrogen-bond donors (Lipinski definition) is 1. The molecule has 0 rings (SSSR count). The number of ether oxygens (including phenoxy) is 4. The van der Waals surface area contributed by atoms with Gasteiger partial charge in [-0.2, -0.15) is 0 Å². The van der Waals surface area contributed by atoms with Crippen molar-refractivity contribution in [1.82, 2.24) is 0 Å². The molecule has 0 bridgehead atoms. The predicted octanol–water partition coefficient (Wildman–Crippen LogP) is 0.606. The van der Waals surface area contributed by atoms with Gasteiger partial charge in [0.05, 0.1) is 0 Å². The summed E-state index contributed by atoms with van der Waals surface area (Å²) in [4.78, 5) is 44.1. The Hall–Kier alpha value is -3.10. The lowest BCUT2D eigenvalue weighted by atomic mass is 10.2. The van der Waals surface area contributed by atoms with Crippen LogP contribution in [-0.4, -0.2) is 54.6 Å². The molecule has 0 saturated carbocycles. The minimum Gasteiger partial charge on any atom is -0.458 e. The smallest absolute Gasteiger partial charge is 0.458 e. The van der Waals surface area contributed by atoms with Crippen molar-refractivity contribution in [3.63, 3.8) is 0 Å². The highest BCUT2D eigenvalue weighted by molar-refractivity contribution is 5.82. The average Bonchev–Trinajstić information content (AvgIpc) is 2.53. The van der Waals surface area contributed by atoms with Crippen molar-refractivity contribution in [2.45, 2.75) is 12.2 Å². The van der Waals surface area contributed by atoms with Gasteiger partial charge in [-0.3, -0.25) is 0 Å². The predicted molar refractivity (Wildman–Crippen MR) is 75.3 cm³/mol. The summed E-state index contributed by atoms with van der Waals surface area (Å²) in [6.45, 7) is 8.39. The molecule has 0 amide bonds. The first-order valence-electron chi connectivity index (χ1n) is 6.15. The minimum atomic E-state index is -1.71. The fourth-order valence-corrected chi connectivity index (χ4v) is 1.21. The first-order valence-corrected chi connectivity index (χ1v) is 6.15. The maximum absolute atomic E-state index is 11.3. The third-order valence-electron chi connectivity index (χ3n) is 2.21. The van der Waals surface area contributed by atoms with E-state index in [9.17, 15) is 19.2 Å². The topological polar surface area (TPSA) is 125 Å². The SMILES string of the molecule is C=CC(=O)OCC(OC(=O)O)C(COC(=O)C=C)OC(=O)C=C. The molecule has 0 aromatic heterocycles. The van der Waals surface area contributed by atoms with Crippen LogP contribution in [0, 0.1) is 0 Å². The van der Waals surface area contributed by atoms with E-state index in [1.54, 1.807) is 0 Å². The van der Waals surface area contributed by atoms with Gasteiger partial charge >= 0.3 is 24.1 Å². The molecule has 0 aromatic carbocycles. The Morgan fingerprint density at radius 3 is 1.52 bits per heavy atom. The molecule has 126 valence electrons. The fraction of sp³-hybridized carbons (Fsp3) is 0.286. The Morgan fingerprint density at radius 2 is 1.17 bits per heavy atom. The normalized spacial score (nSPS) is 12.0. The Bertz CT molecular complexity index is 494. The Balaban J connectivity index is 5.09. The van der Waals surface area contributed by atoms with Crippen LogP contribution in [0.5, 0.6) is 0 Å². The van der Waals surface area contributed by atoms with E-state index >= 15 is 0 Å². The summed E-state index contributed by atoms with van der Waals surface area (Å²) in [5.41, 5.74) is 0. The second-order valence-electron chi connectivity index (χ2n) is 3.77. The molecule has 0 aliphatic heterocycles. The summed E-state index contributed by atoms with van der Waals surface area (Å²) < 4.78 is 18.7.